The second-order valence-electron chi connectivity index (χ2n) is 3.99. The molecule has 2 rings (SSSR count). The molecule has 0 aliphatic heterocycles. The van der Waals surface area contributed by atoms with Gasteiger partial charge in [0, 0.05) is 6.07 Å². The van der Waals surface area contributed by atoms with Crippen LogP contribution in [0.1, 0.15) is 32.1 Å². The molecule has 87 valence electrons. The summed E-state index contributed by atoms with van der Waals surface area (Å²) < 4.78 is 43.7. The van der Waals surface area contributed by atoms with Gasteiger partial charge in [0.2, 0.25) is 0 Å². The molecule has 4 heteroatoms. The quantitative estimate of drug-likeness (QED) is 0.704. The Kier molecular flexibility index (Phi) is 3.36. The van der Waals surface area contributed by atoms with Crippen molar-refractivity contribution in [2.75, 3.05) is 0 Å². The highest BCUT2D eigenvalue weighted by atomic mass is 19.2. The summed E-state index contributed by atoms with van der Waals surface area (Å²) >= 11 is 0. The van der Waals surface area contributed by atoms with Gasteiger partial charge in [0.05, 0.1) is 12.2 Å². The lowest BCUT2D eigenvalue weighted by molar-refractivity contribution is 0.153. The molecule has 1 fully saturated rings. The molecule has 0 bridgehead atoms. The lowest BCUT2D eigenvalue weighted by atomic mass is 9.98. The minimum absolute atomic E-state index is 0.0331. The molecule has 1 aliphatic rings. The third-order valence-corrected chi connectivity index (χ3v) is 2.74. The monoisotopic (exact) mass is 229 g/mol. The Morgan fingerprint density at radius 2 is 1.81 bits per heavy atom. The normalized spacial score (nSPS) is 17.4. The first-order chi connectivity index (χ1) is 7.66. The third kappa shape index (κ3) is 2.49. The van der Waals surface area contributed by atoms with E-state index in [4.69, 9.17) is 4.74 Å². The van der Waals surface area contributed by atoms with Gasteiger partial charge in [0.15, 0.2) is 17.5 Å². The molecule has 16 heavy (non-hydrogen) atoms. The predicted octanol–water partition coefficient (Wildman–Crippen LogP) is 3.62. The third-order valence-electron chi connectivity index (χ3n) is 2.74. The number of halogens is 3. The van der Waals surface area contributed by atoms with E-state index in [2.05, 4.69) is 6.07 Å². The van der Waals surface area contributed by atoms with E-state index in [0.29, 0.717) is 0 Å². The molecule has 0 unspecified atom stereocenters. The van der Waals surface area contributed by atoms with E-state index in [0.717, 1.165) is 38.2 Å². The van der Waals surface area contributed by atoms with E-state index in [9.17, 15) is 13.2 Å². The maximum Gasteiger partial charge on any atom is 0.195 e. The summed E-state index contributed by atoms with van der Waals surface area (Å²) in [5.74, 6) is -4.12. The molecule has 0 amide bonds. The van der Waals surface area contributed by atoms with Crippen LogP contribution in [-0.4, -0.2) is 6.10 Å². The number of hydrogen-bond acceptors (Lipinski definition) is 1. The van der Waals surface area contributed by atoms with Crippen molar-refractivity contribution in [2.45, 2.75) is 38.2 Å². The lowest BCUT2D eigenvalue weighted by Gasteiger charge is -2.22. The van der Waals surface area contributed by atoms with Gasteiger partial charge in [0.1, 0.15) is 5.75 Å². The van der Waals surface area contributed by atoms with Gasteiger partial charge < -0.3 is 4.74 Å². The van der Waals surface area contributed by atoms with Crippen LogP contribution in [0.5, 0.6) is 5.75 Å². The van der Waals surface area contributed by atoms with Crippen molar-refractivity contribution in [2.24, 2.45) is 0 Å². The first kappa shape index (κ1) is 11.3. The van der Waals surface area contributed by atoms with Crippen LogP contribution in [-0.2, 0) is 0 Å². The SMILES string of the molecule is Fc1[c]c(OC2CCCCC2)cc(F)c1F. The van der Waals surface area contributed by atoms with Crippen LogP contribution >= 0.6 is 0 Å². The van der Waals surface area contributed by atoms with Gasteiger partial charge in [-0.05, 0) is 25.7 Å². The predicted molar refractivity (Wildman–Crippen MR) is 52.7 cm³/mol. The lowest BCUT2D eigenvalue weighted by Crippen LogP contribution is -2.19. The molecule has 1 radical (unpaired) electrons. The fourth-order valence-corrected chi connectivity index (χ4v) is 1.91. The minimum Gasteiger partial charge on any atom is -0.490 e. The van der Waals surface area contributed by atoms with Gasteiger partial charge in [-0.25, -0.2) is 13.2 Å². The van der Waals surface area contributed by atoms with Gasteiger partial charge >= 0.3 is 0 Å². The first-order valence-corrected chi connectivity index (χ1v) is 5.40. The smallest absolute Gasteiger partial charge is 0.195 e. The van der Waals surface area contributed by atoms with Crippen molar-refractivity contribution in [3.63, 3.8) is 0 Å². The molecule has 0 N–H and O–H groups in total. The molecule has 1 nitrogen and oxygen atoms in total. The highest BCUT2D eigenvalue weighted by molar-refractivity contribution is 5.23. The van der Waals surface area contributed by atoms with E-state index in [1.54, 1.807) is 0 Å². The Labute approximate surface area is 92.2 Å². The van der Waals surface area contributed by atoms with Crippen molar-refractivity contribution < 1.29 is 17.9 Å². The zero-order valence-corrected chi connectivity index (χ0v) is 8.73. The van der Waals surface area contributed by atoms with E-state index in [-0.39, 0.29) is 11.9 Å². The molecular weight excluding hydrogens is 217 g/mol. The summed E-state index contributed by atoms with van der Waals surface area (Å²) in [7, 11) is 0. The van der Waals surface area contributed by atoms with Crippen LogP contribution in [0.15, 0.2) is 6.07 Å². The first-order valence-electron chi connectivity index (χ1n) is 5.40. The van der Waals surface area contributed by atoms with Crippen LogP contribution < -0.4 is 4.74 Å². The number of hydrogen-bond donors (Lipinski definition) is 0. The van der Waals surface area contributed by atoms with Gasteiger partial charge in [0.25, 0.3) is 0 Å². The van der Waals surface area contributed by atoms with E-state index >= 15 is 0 Å². The molecule has 1 saturated carbocycles. The van der Waals surface area contributed by atoms with Crippen LogP contribution in [0.25, 0.3) is 0 Å². The summed E-state index contributed by atoms with van der Waals surface area (Å²) in [6.45, 7) is 0. The second-order valence-corrected chi connectivity index (χ2v) is 3.99. The second kappa shape index (κ2) is 4.76. The molecule has 0 atom stereocenters. The van der Waals surface area contributed by atoms with Crippen molar-refractivity contribution in [3.05, 3.63) is 29.6 Å². The number of rotatable bonds is 2. The van der Waals surface area contributed by atoms with Gasteiger partial charge in [-0.3, -0.25) is 0 Å². The summed E-state index contributed by atoms with van der Waals surface area (Å²) in [6.07, 6.45) is 4.97. The summed E-state index contributed by atoms with van der Waals surface area (Å²) in [5, 5.41) is 0. The molecule has 1 aromatic rings. The van der Waals surface area contributed by atoms with Gasteiger partial charge in [-0.2, -0.15) is 0 Å². The van der Waals surface area contributed by atoms with Crippen molar-refractivity contribution >= 4 is 0 Å². The summed E-state index contributed by atoms with van der Waals surface area (Å²) in [6, 6.07) is 2.90. The highest BCUT2D eigenvalue weighted by Crippen LogP contribution is 2.25. The molecule has 0 aromatic heterocycles. The van der Waals surface area contributed by atoms with Crippen LogP contribution in [0, 0.1) is 23.5 Å². The Balaban J connectivity index is 2.09. The minimum atomic E-state index is -1.50. The van der Waals surface area contributed by atoms with Gasteiger partial charge in [-0.1, -0.05) is 6.42 Å². The van der Waals surface area contributed by atoms with Crippen LogP contribution in [0.2, 0.25) is 0 Å². The average molecular weight is 229 g/mol. The van der Waals surface area contributed by atoms with E-state index < -0.39 is 17.5 Å². The number of benzene rings is 1. The fraction of sp³-hybridized carbons (Fsp3) is 0.500. The van der Waals surface area contributed by atoms with Crippen LogP contribution in [0.4, 0.5) is 13.2 Å². The van der Waals surface area contributed by atoms with Crippen molar-refractivity contribution in [1.29, 1.82) is 0 Å². The maximum atomic E-state index is 12.9. The van der Waals surface area contributed by atoms with Gasteiger partial charge in [-0.15, -0.1) is 0 Å². The Morgan fingerprint density at radius 3 is 2.44 bits per heavy atom. The largest absolute Gasteiger partial charge is 0.490 e. The standard InChI is InChI=1S/C12H12F3O/c13-10-6-9(7-11(14)12(10)15)16-8-4-2-1-3-5-8/h6,8H,1-5H2. The summed E-state index contributed by atoms with van der Waals surface area (Å²) in [4.78, 5) is 0. The van der Waals surface area contributed by atoms with Crippen LogP contribution in [0.3, 0.4) is 0 Å². The van der Waals surface area contributed by atoms with Crippen molar-refractivity contribution in [1.82, 2.24) is 0 Å². The molecule has 0 spiro atoms. The molecule has 0 saturated heterocycles. The molecule has 0 heterocycles. The zero-order valence-electron chi connectivity index (χ0n) is 8.73. The van der Waals surface area contributed by atoms with E-state index in [1.165, 1.54) is 0 Å². The maximum absolute atomic E-state index is 12.9. The highest BCUT2D eigenvalue weighted by Gasteiger charge is 2.17. The Bertz CT molecular complexity index is 350. The summed E-state index contributed by atoms with van der Waals surface area (Å²) in [5.41, 5.74) is 0. The number of ether oxygens (including phenoxy) is 1. The van der Waals surface area contributed by atoms with E-state index in [1.807, 2.05) is 0 Å². The van der Waals surface area contributed by atoms with Crippen molar-refractivity contribution in [3.8, 4) is 5.75 Å². The topological polar surface area (TPSA) is 9.23 Å². The average Bonchev–Trinajstić information content (AvgIpc) is 2.27. The Hall–Kier alpha value is -1.19. The zero-order chi connectivity index (χ0) is 11.5. The molecule has 1 aromatic carbocycles. The Morgan fingerprint density at radius 1 is 1.12 bits per heavy atom. The molecular formula is C12H12F3O. The fourth-order valence-electron chi connectivity index (χ4n) is 1.91. The molecule has 1 aliphatic carbocycles.